The summed E-state index contributed by atoms with van der Waals surface area (Å²) < 4.78 is 1.51. The van der Waals surface area contributed by atoms with E-state index < -0.39 is 17.4 Å². The van der Waals surface area contributed by atoms with Gasteiger partial charge in [0, 0.05) is 7.05 Å². The van der Waals surface area contributed by atoms with Crippen LogP contribution in [0.4, 0.5) is 0 Å². The number of amides is 1. The molecule has 0 bridgehead atoms. The zero-order valence-electron chi connectivity index (χ0n) is 12.4. The lowest BCUT2D eigenvalue weighted by Crippen LogP contribution is -2.56. The van der Waals surface area contributed by atoms with Gasteiger partial charge in [0.05, 0.1) is 10.7 Å². The predicted octanol–water partition coefficient (Wildman–Crippen LogP) is 2.15. The highest BCUT2D eigenvalue weighted by atomic mass is 35.5. The second kappa shape index (κ2) is 5.67. The van der Waals surface area contributed by atoms with Gasteiger partial charge in [-0.15, -0.1) is 0 Å². The molecule has 0 radical (unpaired) electrons. The first-order valence-electron chi connectivity index (χ1n) is 7.02. The number of rotatable bonds is 3. The van der Waals surface area contributed by atoms with Crippen LogP contribution < -0.4 is 5.32 Å². The van der Waals surface area contributed by atoms with Crippen LogP contribution in [0.5, 0.6) is 0 Å². The molecular weight excluding hydrogens is 294 g/mol. The van der Waals surface area contributed by atoms with E-state index in [1.165, 1.54) is 4.68 Å². The van der Waals surface area contributed by atoms with Crippen LogP contribution in [0.3, 0.4) is 0 Å². The average Bonchev–Trinajstić information content (AvgIpc) is 2.69. The van der Waals surface area contributed by atoms with Crippen molar-refractivity contribution in [2.45, 2.75) is 45.1 Å². The van der Waals surface area contributed by atoms with E-state index in [-0.39, 0.29) is 10.7 Å². The summed E-state index contributed by atoms with van der Waals surface area (Å²) in [5.74, 6) is -1.04. The molecule has 6 nitrogen and oxygen atoms in total. The molecule has 116 valence electrons. The highest BCUT2D eigenvalue weighted by Crippen LogP contribution is 2.32. The lowest BCUT2D eigenvalue weighted by molar-refractivity contribution is -0.146. The Labute approximate surface area is 128 Å². The van der Waals surface area contributed by atoms with Gasteiger partial charge in [-0.1, -0.05) is 18.5 Å². The molecule has 0 unspecified atom stereocenters. The van der Waals surface area contributed by atoms with Gasteiger partial charge in [-0.2, -0.15) is 5.10 Å². The second-order valence-electron chi connectivity index (χ2n) is 5.90. The van der Waals surface area contributed by atoms with Gasteiger partial charge in [0.2, 0.25) is 0 Å². The summed E-state index contributed by atoms with van der Waals surface area (Å²) in [5, 5.41) is 16.5. The van der Waals surface area contributed by atoms with E-state index in [9.17, 15) is 14.7 Å². The third kappa shape index (κ3) is 2.90. The first-order valence-corrected chi connectivity index (χ1v) is 7.39. The molecule has 1 aliphatic carbocycles. The number of carboxylic acid groups (broad SMARTS) is 1. The monoisotopic (exact) mass is 313 g/mol. The van der Waals surface area contributed by atoms with E-state index in [4.69, 9.17) is 11.6 Å². The summed E-state index contributed by atoms with van der Waals surface area (Å²) in [7, 11) is 1.69. The SMILES string of the molecule is Cc1c(Cl)c(C(=O)NC2(C(=O)O)CCC(C)CC2)nn1C. The Kier molecular flexibility index (Phi) is 4.27. The third-order valence-electron chi connectivity index (χ3n) is 4.37. The molecule has 1 fully saturated rings. The Morgan fingerprint density at radius 3 is 2.43 bits per heavy atom. The largest absolute Gasteiger partial charge is 0.480 e. The molecular formula is C14H20ClN3O3. The van der Waals surface area contributed by atoms with Crippen molar-refractivity contribution in [2.24, 2.45) is 13.0 Å². The van der Waals surface area contributed by atoms with Crippen LogP contribution in [-0.4, -0.2) is 32.3 Å². The molecule has 1 heterocycles. The number of aromatic nitrogens is 2. The van der Waals surface area contributed by atoms with Crippen molar-refractivity contribution in [3.05, 3.63) is 16.4 Å². The van der Waals surface area contributed by atoms with Crippen molar-refractivity contribution < 1.29 is 14.7 Å². The minimum atomic E-state index is -1.21. The molecule has 0 aliphatic heterocycles. The third-order valence-corrected chi connectivity index (χ3v) is 4.82. The van der Waals surface area contributed by atoms with Gasteiger partial charge in [-0.25, -0.2) is 4.79 Å². The number of carboxylic acids is 1. The van der Waals surface area contributed by atoms with E-state index in [2.05, 4.69) is 17.3 Å². The van der Waals surface area contributed by atoms with Gasteiger partial charge in [-0.05, 0) is 38.5 Å². The molecule has 2 rings (SSSR count). The van der Waals surface area contributed by atoms with Crippen LogP contribution in [-0.2, 0) is 11.8 Å². The highest BCUT2D eigenvalue weighted by Gasteiger charge is 2.43. The Bertz CT molecular complexity index is 574. The van der Waals surface area contributed by atoms with Crippen LogP contribution >= 0.6 is 11.6 Å². The summed E-state index contributed by atoms with van der Waals surface area (Å²) in [6.07, 6.45) is 2.42. The number of carbonyl (C=O) groups excluding carboxylic acids is 1. The maximum atomic E-state index is 12.4. The van der Waals surface area contributed by atoms with Crippen LogP contribution in [0, 0.1) is 12.8 Å². The van der Waals surface area contributed by atoms with Crippen molar-refractivity contribution in [1.82, 2.24) is 15.1 Å². The Morgan fingerprint density at radius 2 is 2.00 bits per heavy atom. The predicted molar refractivity (Wildman–Crippen MR) is 78.4 cm³/mol. The van der Waals surface area contributed by atoms with Gasteiger partial charge >= 0.3 is 5.97 Å². The van der Waals surface area contributed by atoms with Gasteiger partial charge in [-0.3, -0.25) is 9.48 Å². The van der Waals surface area contributed by atoms with Gasteiger partial charge in [0.15, 0.2) is 5.69 Å². The van der Waals surface area contributed by atoms with Crippen LogP contribution in [0.25, 0.3) is 0 Å². The number of hydrogen-bond acceptors (Lipinski definition) is 3. The lowest BCUT2D eigenvalue weighted by Gasteiger charge is -2.36. The molecule has 1 saturated carbocycles. The number of aliphatic carboxylic acids is 1. The maximum absolute atomic E-state index is 12.4. The summed E-state index contributed by atoms with van der Waals surface area (Å²) in [6, 6.07) is 0. The number of halogens is 1. The molecule has 1 amide bonds. The molecule has 1 aliphatic rings. The number of nitrogens with one attached hydrogen (secondary N) is 1. The highest BCUT2D eigenvalue weighted by molar-refractivity contribution is 6.34. The van der Waals surface area contributed by atoms with Gasteiger partial charge in [0.1, 0.15) is 5.54 Å². The fourth-order valence-electron chi connectivity index (χ4n) is 2.65. The smallest absolute Gasteiger partial charge is 0.329 e. The molecule has 7 heteroatoms. The van der Waals surface area contributed by atoms with Gasteiger partial charge in [0.25, 0.3) is 5.91 Å². The Hall–Kier alpha value is -1.56. The summed E-state index contributed by atoms with van der Waals surface area (Å²) >= 11 is 6.08. The fraction of sp³-hybridized carbons (Fsp3) is 0.643. The number of nitrogens with zero attached hydrogens (tertiary/aromatic N) is 2. The first-order chi connectivity index (χ1) is 9.77. The normalized spacial score (nSPS) is 25.6. The minimum absolute atomic E-state index is 0.0795. The number of hydrogen-bond donors (Lipinski definition) is 2. The number of carbonyl (C=O) groups is 2. The molecule has 0 spiro atoms. The van der Waals surface area contributed by atoms with Crippen molar-refractivity contribution in [1.29, 1.82) is 0 Å². The van der Waals surface area contributed by atoms with Crippen molar-refractivity contribution in [2.75, 3.05) is 0 Å². The average molecular weight is 314 g/mol. The number of aryl methyl sites for hydroxylation is 1. The fourth-order valence-corrected chi connectivity index (χ4v) is 2.90. The quantitative estimate of drug-likeness (QED) is 0.895. The second-order valence-corrected chi connectivity index (χ2v) is 6.27. The van der Waals surface area contributed by atoms with Crippen molar-refractivity contribution in [3.63, 3.8) is 0 Å². The molecule has 0 saturated heterocycles. The van der Waals surface area contributed by atoms with Crippen LogP contribution in [0.15, 0.2) is 0 Å². The first kappa shape index (κ1) is 15.8. The summed E-state index contributed by atoms with van der Waals surface area (Å²) in [4.78, 5) is 24.0. The molecule has 1 aromatic heterocycles. The van der Waals surface area contributed by atoms with Crippen LogP contribution in [0.2, 0.25) is 5.02 Å². The minimum Gasteiger partial charge on any atom is -0.480 e. The maximum Gasteiger partial charge on any atom is 0.329 e. The summed E-state index contributed by atoms with van der Waals surface area (Å²) in [6.45, 7) is 3.84. The zero-order chi connectivity index (χ0) is 15.8. The van der Waals surface area contributed by atoms with E-state index in [0.29, 0.717) is 24.5 Å². The lowest BCUT2D eigenvalue weighted by atomic mass is 9.77. The Balaban J connectivity index is 2.23. The molecule has 0 aromatic carbocycles. The Morgan fingerprint density at radius 1 is 1.43 bits per heavy atom. The molecule has 1 aromatic rings. The zero-order valence-corrected chi connectivity index (χ0v) is 13.2. The standard InChI is InChI=1S/C14H20ClN3O3/c1-8-4-6-14(7-5-8,13(20)21)16-12(19)11-10(15)9(2)18(3)17-11/h8H,4-7H2,1-3H3,(H,16,19)(H,20,21). The molecule has 0 atom stereocenters. The summed E-state index contributed by atoms with van der Waals surface area (Å²) in [5.41, 5.74) is -0.461. The van der Waals surface area contributed by atoms with E-state index in [1.54, 1.807) is 14.0 Å². The van der Waals surface area contributed by atoms with Crippen molar-refractivity contribution in [3.8, 4) is 0 Å². The topological polar surface area (TPSA) is 84.2 Å². The van der Waals surface area contributed by atoms with E-state index in [1.807, 2.05) is 0 Å². The van der Waals surface area contributed by atoms with Gasteiger partial charge < -0.3 is 10.4 Å². The van der Waals surface area contributed by atoms with E-state index in [0.717, 1.165) is 12.8 Å². The van der Waals surface area contributed by atoms with E-state index >= 15 is 0 Å². The molecule has 21 heavy (non-hydrogen) atoms. The van der Waals surface area contributed by atoms with Crippen molar-refractivity contribution >= 4 is 23.5 Å². The molecule has 2 N–H and O–H groups in total. The van der Waals surface area contributed by atoms with Crippen LogP contribution in [0.1, 0.15) is 48.8 Å².